The van der Waals surface area contributed by atoms with Crippen molar-refractivity contribution in [1.82, 2.24) is 14.7 Å². The quantitative estimate of drug-likeness (QED) is 0.748. The molecule has 16 heavy (non-hydrogen) atoms. The number of carboxylic acid groups (broad SMARTS) is 1. The van der Waals surface area contributed by atoms with Crippen LogP contribution in [0, 0.1) is 0 Å². The van der Waals surface area contributed by atoms with Crippen LogP contribution in [0.5, 0.6) is 0 Å². The van der Waals surface area contributed by atoms with Gasteiger partial charge in [-0.15, -0.1) is 0 Å². The smallest absolute Gasteiger partial charge is 0.354 e. The van der Waals surface area contributed by atoms with Crippen molar-refractivity contribution in [2.75, 3.05) is 13.2 Å². The van der Waals surface area contributed by atoms with Crippen LogP contribution in [0.4, 0.5) is 0 Å². The lowest BCUT2D eigenvalue weighted by Gasteiger charge is -2.12. The number of aromatic nitrogens is 2. The fourth-order valence-electron chi connectivity index (χ4n) is 2.05. The zero-order valence-corrected chi connectivity index (χ0v) is 9.18. The molecule has 0 fully saturated rings. The molecule has 0 bridgehead atoms. The number of aromatic carboxylic acids is 1. The van der Waals surface area contributed by atoms with Crippen LogP contribution < -0.4 is 0 Å². The summed E-state index contributed by atoms with van der Waals surface area (Å²) in [7, 11) is 0. The summed E-state index contributed by atoms with van der Waals surface area (Å²) in [5, 5.41) is 22.2. The number of rotatable bonds is 4. The fourth-order valence-corrected chi connectivity index (χ4v) is 2.05. The summed E-state index contributed by atoms with van der Waals surface area (Å²) >= 11 is 0. The summed E-state index contributed by atoms with van der Waals surface area (Å²) in [5.74, 6) is -0.972. The van der Waals surface area contributed by atoms with Gasteiger partial charge in [0, 0.05) is 18.7 Å². The molecule has 1 aliphatic heterocycles. The number of carboxylic acids is 1. The first-order chi connectivity index (χ1) is 7.67. The Balaban J connectivity index is 2.37. The topological polar surface area (TPSA) is 78.6 Å². The van der Waals surface area contributed by atoms with Crippen LogP contribution in [0.25, 0.3) is 0 Å². The third-order valence-corrected chi connectivity index (χ3v) is 2.85. The van der Waals surface area contributed by atoms with Crippen molar-refractivity contribution in [3.05, 3.63) is 17.0 Å². The molecule has 2 heterocycles. The van der Waals surface area contributed by atoms with E-state index in [0.717, 1.165) is 17.8 Å². The van der Waals surface area contributed by atoms with Gasteiger partial charge < -0.3 is 10.2 Å². The molecule has 1 aromatic heterocycles. The zero-order valence-electron chi connectivity index (χ0n) is 9.18. The van der Waals surface area contributed by atoms with Gasteiger partial charge in [-0.05, 0) is 6.54 Å². The summed E-state index contributed by atoms with van der Waals surface area (Å²) in [6.45, 7) is 4.39. The first-order valence-corrected chi connectivity index (χ1v) is 5.32. The second-order valence-electron chi connectivity index (χ2n) is 3.83. The minimum Gasteiger partial charge on any atom is -0.477 e. The van der Waals surface area contributed by atoms with Crippen LogP contribution in [0.3, 0.4) is 0 Å². The monoisotopic (exact) mass is 225 g/mol. The van der Waals surface area contributed by atoms with Gasteiger partial charge >= 0.3 is 5.97 Å². The third-order valence-electron chi connectivity index (χ3n) is 2.85. The Hall–Kier alpha value is -1.40. The molecular formula is C10H15N3O3. The lowest BCUT2D eigenvalue weighted by molar-refractivity contribution is 0.0679. The van der Waals surface area contributed by atoms with Gasteiger partial charge in [0.2, 0.25) is 0 Å². The Morgan fingerprint density at radius 2 is 2.25 bits per heavy atom. The molecule has 88 valence electrons. The standard InChI is InChI=1S/C10H15N3O3/c1-2-12-5-7-8(6-12)11-13(3-4-14)9(7)10(15)16/h14H,2-6H2,1H3,(H,15,16). The first kappa shape index (κ1) is 11.1. The first-order valence-electron chi connectivity index (χ1n) is 5.32. The Kier molecular flexibility index (Phi) is 2.93. The van der Waals surface area contributed by atoms with Crippen molar-refractivity contribution >= 4 is 5.97 Å². The van der Waals surface area contributed by atoms with Crippen LogP contribution in [0.2, 0.25) is 0 Å². The highest BCUT2D eigenvalue weighted by molar-refractivity contribution is 5.88. The van der Waals surface area contributed by atoms with E-state index in [1.807, 2.05) is 6.92 Å². The molecule has 0 aromatic carbocycles. The molecular weight excluding hydrogens is 210 g/mol. The summed E-state index contributed by atoms with van der Waals surface area (Å²) in [6.07, 6.45) is 0. The minimum atomic E-state index is -0.972. The van der Waals surface area contributed by atoms with E-state index in [-0.39, 0.29) is 18.8 Å². The number of hydrogen-bond acceptors (Lipinski definition) is 4. The van der Waals surface area contributed by atoms with E-state index >= 15 is 0 Å². The highest BCUT2D eigenvalue weighted by Crippen LogP contribution is 2.25. The molecule has 0 amide bonds. The van der Waals surface area contributed by atoms with Gasteiger partial charge in [0.1, 0.15) is 0 Å². The van der Waals surface area contributed by atoms with Crippen LogP contribution in [0.1, 0.15) is 28.7 Å². The Morgan fingerprint density at radius 3 is 2.81 bits per heavy atom. The predicted molar refractivity (Wildman–Crippen MR) is 56.1 cm³/mol. The molecule has 0 unspecified atom stereocenters. The van der Waals surface area contributed by atoms with Gasteiger partial charge in [-0.3, -0.25) is 9.58 Å². The van der Waals surface area contributed by atoms with Gasteiger partial charge in [-0.25, -0.2) is 4.79 Å². The SMILES string of the molecule is CCN1Cc2nn(CCO)c(C(=O)O)c2C1. The number of hydrogen-bond donors (Lipinski definition) is 2. The predicted octanol–water partition coefficient (Wildman–Crippen LogP) is -0.0909. The van der Waals surface area contributed by atoms with E-state index in [1.54, 1.807) is 0 Å². The molecule has 0 aliphatic carbocycles. The highest BCUT2D eigenvalue weighted by Gasteiger charge is 2.29. The van der Waals surface area contributed by atoms with Crippen molar-refractivity contribution in [1.29, 1.82) is 0 Å². The molecule has 0 spiro atoms. The average molecular weight is 225 g/mol. The molecule has 1 aliphatic rings. The molecule has 2 N–H and O–H groups in total. The second-order valence-corrected chi connectivity index (χ2v) is 3.83. The van der Waals surface area contributed by atoms with Gasteiger partial charge in [-0.1, -0.05) is 6.92 Å². The molecule has 0 saturated carbocycles. The van der Waals surface area contributed by atoms with Crippen LogP contribution in [0.15, 0.2) is 0 Å². The van der Waals surface area contributed by atoms with Crippen molar-refractivity contribution in [2.45, 2.75) is 26.6 Å². The molecule has 6 heteroatoms. The van der Waals surface area contributed by atoms with Crippen LogP contribution in [-0.2, 0) is 19.6 Å². The molecule has 0 saturated heterocycles. The van der Waals surface area contributed by atoms with Crippen LogP contribution >= 0.6 is 0 Å². The molecule has 1 aromatic rings. The summed E-state index contributed by atoms with van der Waals surface area (Å²) in [5.41, 5.74) is 1.84. The van der Waals surface area contributed by atoms with E-state index < -0.39 is 5.97 Å². The highest BCUT2D eigenvalue weighted by atomic mass is 16.4. The second kappa shape index (κ2) is 4.23. The Morgan fingerprint density at radius 1 is 1.50 bits per heavy atom. The van der Waals surface area contributed by atoms with Crippen LogP contribution in [-0.4, -0.2) is 44.0 Å². The van der Waals surface area contributed by atoms with Crippen molar-refractivity contribution in [3.8, 4) is 0 Å². The minimum absolute atomic E-state index is 0.0989. The molecule has 0 atom stereocenters. The van der Waals surface area contributed by atoms with Gasteiger partial charge in [-0.2, -0.15) is 5.10 Å². The normalized spacial score (nSPS) is 15.4. The van der Waals surface area contributed by atoms with E-state index in [2.05, 4.69) is 10.00 Å². The number of carbonyl (C=O) groups is 1. The number of aliphatic hydroxyl groups excluding tert-OH is 1. The largest absolute Gasteiger partial charge is 0.477 e. The average Bonchev–Trinajstić information content (AvgIpc) is 2.73. The van der Waals surface area contributed by atoms with Gasteiger partial charge in [0.05, 0.1) is 18.8 Å². The molecule has 2 rings (SSSR count). The Labute approximate surface area is 93.1 Å². The molecule has 0 radical (unpaired) electrons. The number of aliphatic hydroxyl groups is 1. The summed E-state index contributed by atoms with van der Waals surface area (Å²) in [4.78, 5) is 13.3. The summed E-state index contributed by atoms with van der Waals surface area (Å²) in [6, 6.07) is 0. The van der Waals surface area contributed by atoms with Gasteiger partial charge in [0.25, 0.3) is 0 Å². The third kappa shape index (κ3) is 1.70. The van der Waals surface area contributed by atoms with E-state index in [9.17, 15) is 4.79 Å². The maximum absolute atomic E-state index is 11.2. The van der Waals surface area contributed by atoms with Gasteiger partial charge in [0.15, 0.2) is 5.69 Å². The maximum atomic E-state index is 11.2. The summed E-state index contributed by atoms with van der Waals surface area (Å²) < 4.78 is 1.39. The van der Waals surface area contributed by atoms with E-state index in [1.165, 1.54) is 4.68 Å². The lowest BCUT2D eigenvalue weighted by Crippen LogP contribution is -2.20. The molecule has 6 nitrogen and oxygen atoms in total. The van der Waals surface area contributed by atoms with Crippen molar-refractivity contribution in [3.63, 3.8) is 0 Å². The van der Waals surface area contributed by atoms with Crippen molar-refractivity contribution in [2.24, 2.45) is 0 Å². The lowest BCUT2D eigenvalue weighted by atomic mass is 10.2. The number of fused-ring (bicyclic) bond motifs is 1. The van der Waals surface area contributed by atoms with E-state index in [0.29, 0.717) is 13.1 Å². The fraction of sp³-hybridized carbons (Fsp3) is 0.600. The van der Waals surface area contributed by atoms with E-state index in [4.69, 9.17) is 10.2 Å². The number of nitrogens with zero attached hydrogens (tertiary/aromatic N) is 3. The Bertz CT molecular complexity index is 414. The van der Waals surface area contributed by atoms with Crippen molar-refractivity contribution < 1.29 is 15.0 Å². The maximum Gasteiger partial charge on any atom is 0.354 e. The zero-order chi connectivity index (χ0) is 11.7.